The predicted molar refractivity (Wildman–Crippen MR) is 67.6 cm³/mol. The van der Waals surface area contributed by atoms with Crippen LogP contribution in [0.3, 0.4) is 0 Å². The van der Waals surface area contributed by atoms with Crippen molar-refractivity contribution in [3.05, 3.63) is 35.6 Å². The van der Waals surface area contributed by atoms with Crippen molar-refractivity contribution in [2.75, 3.05) is 19.6 Å². The Morgan fingerprint density at radius 2 is 2.24 bits per heavy atom. The van der Waals surface area contributed by atoms with Crippen molar-refractivity contribution in [1.82, 2.24) is 24.2 Å². The Bertz CT molecular complexity index is 472. The van der Waals surface area contributed by atoms with Gasteiger partial charge in [-0.3, -0.25) is 9.58 Å². The molecule has 5 nitrogen and oxygen atoms in total. The lowest BCUT2D eigenvalue weighted by Gasteiger charge is -2.39. The van der Waals surface area contributed by atoms with Crippen LogP contribution in [-0.2, 0) is 6.54 Å². The molecule has 0 bridgehead atoms. The smallest absolute Gasteiger partial charge is 0.0946 e. The first kappa shape index (κ1) is 11.0. The van der Waals surface area contributed by atoms with Crippen molar-refractivity contribution in [3.8, 4) is 0 Å². The number of hydrogen-bond acceptors (Lipinski definition) is 3. The molecule has 0 atom stereocenters. The van der Waals surface area contributed by atoms with Gasteiger partial charge in [-0.15, -0.1) is 0 Å². The molecule has 1 saturated heterocycles. The molecule has 90 valence electrons. The lowest BCUT2D eigenvalue weighted by Crippen LogP contribution is -2.48. The molecule has 0 radical (unpaired) electrons. The number of likely N-dealkylation sites (tertiary alicyclic amines) is 1. The Hall–Kier alpha value is -1.14. The molecule has 0 saturated carbocycles. The maximum absolute atomic E-state index is 4.31. The fraction of sp³-hybridized carbons (Fsp3) is 0.455. The largest absolute Gasteiger partial charge is 0.336 e. The monoisotopic (exact) mass is 295 g/mol. The van der Waals surface area contributed by atoms with Crippen molar-refractivity contribution in [2.45, 2.75) is 12.6 Å². The van der Waals surface area contributed by atoms with Gasteiger partial charge < -0.3 is 4.57 Å². The second kappa shape index (κ2) is 4.62. The van der Waals surface area contributed by atoms with Gasteiger partial charge in [0.2, 0.25) is 0 Å². The average Bonchev–Trinajstić information content (AvgIpc) is 2.87. The molecule has 0 spiro atoms. The number of imidazole rings is 1. The van der Waals surface area contributed by atoms with E-state index in [4.69, 9.17) is 0 Å². The minimum atomic E-state index is 0.532. The first-order valence-electron chi connectivity index (χ1n) is 5.69. The SMILES string of the molecule is Brc1cnn(C2CN(CCn3ccnc3)C2)c1. The molecular formula is C11H14BrN5. The summed E-state index contributed by atoms with van der Waals surface area (Å²) in [6.07, 6.45) is 9.57. The summed E-state index contributed by atoms with van der Waals surface area (Å²) in [7, 11) is 0. The molecule has 6 heteroatoms. The summed E-state index contributed by atoms with van der Waals surface area (Å²) >= 11 is 3.42. The Kier molecular flexibility index (Phi) is 2.98. The van der Waals surface area contributed by atoms with Crippen LogP contribution in [-0.4, -0.2) is 43.9 Å². The third-order valence-corrected chi connectivity index (χ3v) is 3.53. The Morgan fingerprint density at radius 3 is 2.88 bits per heavy atom. The lowest BCUT2D eigenvalue weighted by atomic mass is 10.1. The van der Waals surface area contributed by atoms with E-state index in [1.807, 2.05) is 35.8 Å². The van der Waals surface area contributed by atoms with E-state index in [9.17, 15) is 0 Å². The van der Waals surface area contributed by atoms with Gasteiger partial charge in [-0.1, -0.05) is 0 Å². The molecule has 1 aliphatic heterocycles. The second-order valence-electron chi connectivity index (χ2n) is 4.35. The average molecular weight is 296 g/mol. The summed E-state index contributed by atoms with van der Waals surface area (Å²) in [5.41, 5.74) is 0. The van der Waals surface area contributed by atoms with Gasteiger partial charge in [0, 0.05) is 44.8 Å². The molecule has 2 aromatic rings. The first-order chi connectivity index (χ1) is 8.31. The number of aromatic nitrogens is 4. The molecule has 3 heterocycles. The van der Waals surface area contributed by atoms with Crippen LogP contribution in [0.5, 0.6) is 0 Å². The summed E-state index contributed by atoms with van der Waals surface area (Å²) in [6, 6.07) is 0.532. The minimum absolute atomic E-state index is 0.532. The van der Waals surface area contributed by atoms with E-state index in [2.05, 4.69) is 35.5 Å². The van der Waals surface area contributed by atoms with Gasteiger partial charge in [-0.2, -0.15) is 5.10 Å². The zero-order chi connectivity index (χ0) is 11.7. The maximum Gasteiger partial charge on any atom is 0.0946 e. The summed E-state index contributed by atoms with van der Waals surface area (Å²) in [5.74, 6) is 0. The summed E-state index contributed by atoms with van der Waals surface area (Å²) < 4.78 is 5.20. The summed E-state index contributed by atoms with van der Waals surface area (Å²) in [6.45, 7) is 4.26. The Labute approximate surface area is 108 Å². The maximum atomic E-state index is 4.31. The van der Waals surface area contributed by atoms with E-state index in [-0.39, 0.29) is 0 Å². The van der Waals surface area contributed by atoms with Crippen molar-refractivity contribution in [2.24, 2.45) is 0 Å². The van der Waals surface area contributed by atoms with Crippen molar-refractivity contribution < 1.29 is 0 Å². The van der Waals surface area contributed by atoms with E-state index < -0.39 is 0 Å². The molecule has 0 amide bonds. The van der Waals surface area contributed by atoms with E-state index >= 15 is 0 Å². The molecule has 1 fully saturated rings. The van der Waals surface area contributed by atoms with Crippen molar-refractivity contribution in [1.29, 1.82) is 0 Å². The number of rotatable bonds is 4. The molecule has 0 N–H and O–H groups in total. The molecule has 0 aliphatic carbocycles. The second-order valence-corrected chi connectivity index (χ2v) is 5.27. The summed E-state index contributed by atoms with van der Waals surface area (Å²) in [5, 5.41) is 4.31. The van der Waals surface area contributed by atoms with Crippen molar-refractivity contribution in [3.63, 3.8) is 0 Å². The van der Waals surface area contributed by atoms with E-state index in [1.54, 1.807) is 0 Å². The van der Waals surface area contributed by atoms with Crippen LogP contribution < -0.4 is 0 Å². The Morgan fingerprint density at radius 1 is 1.35 bits per heavy atom. The van der Waals surface area contributed by atoms with Crippen LogP contribution >= 0.6 is 15.9 Å². The number of nitrogens with zero attached hydrogens (tertiary/aromatic N) is 5. The Balaban J connectivity index is 1.45. The number of hydrogen-bond donors (Lipinski definition) is 0. The molecule has 2 aromatic heterocycles. The zero-order valence-electron chi connectivity index (χ0n) is 9.41. The fourth-order valence-electron chi connectivity index (χ4n) is 2.08. The molecule has 3 rings (SSSR count). The standard InChI is InChI=1S/C11H14BrN5/c12-10-5-14-17(6-10)11-7-16(8-11)4-3-15-2-1-13-9-15/h1-2,5-6,9,11H,3-4,7-8H2. The highest BCUT2D eigenvalue weighted by Crippen LogP contribution is 2.21. The highest BCUT2D eigenvalue weighted by Gasteiger charge is 2.28. The lowest BCUT2D eigenvalue weighted by molar-refractivity contribution is 0.0946. The topological polar surface area (TPSA) is 38.9 Å². The van der Waals surface area contributed by atoms with E-state index in [0.29, 0.717) is 6.04 Å². The van der Waals surface area contributed by atoms with Gasteiger partial charge in [0.1, 0.15) is 0 Å². The van der Waals surface area contributed by atoms with Crippen LogP contribution in [0.4, 0.5) is 0 Å². The molecule has 0 unspecified atom stereocenters. The van der Waals surface area contributed by atoms with Crippen LogP contribution in [0.2, 0.25) is 0 Å². The fourth-order valence-corrected chi connectivity index (χ4v) is 2.38. The summed E-state index contributed by atoms with van der Waals surface area (Å²) in [4.78, 5) is 6.47. The van der Waals surface area contributed by atoms with E-state index in [1.165, 1.54) is 0 Å². The molecule has 17 heavy (non-hydrogen) atoms. The third-order valence-electron chi connectivity index (χ3n) is 3.12. The normalized spacial score (nSPS) is 17.2. The van der Waals surface area contributed by atoms with Crippen LogP contribution in [0.1, 0.15) is 6.04 Å². The zero-order valence-corrected chi connectivity index (χ0v) is 11.0. The highest BCUT2D eigenvalue weighted by atomic mass is 79.9. The van der Waals surface area contributed by atoms with Gasteiger partial charge in [0.15, 0.2) is 0 Å². The van der Waals surface area contributed by atoms with Crippen LogP contribution in [0, 0.1) is 0 Å². The third kappa shape index (κ3) is 2.42. The van der Waals surface area contributed by atoms with Gasteiger partial charge in [-0.05, 0) is 15.9 Å². The van der Waals surface area contributed by atoms with Gasteiger partial charge in [0.25, 0.3) is 0 Å². The highest BCUT2D eigenvalue weighted by molar-refractivity contribution is 9.10. The first-order valence-corrected chi connectivity index (χ1v) is 6.48. The van der Waals surface area contributed by atoms with Crippen LogP contribution in [0.25, 0.3) is 0 Å². The van der Waals surface area contributed by atoms with Crippen LogP contribution in [0.15, 0.2) is 35.6 Å². The van der Waals surface area contributed by atoms with Gasteiger partial charge >= 0.3 is 0 Å². The predicted octanol–water partition coefficient (Wildman–Crippen LogP) is 1.40. The molecule has 1 aliphatic rings. The molecular weight excluding hydrogens is 282 g/mol. The van der Waals surface area contributed by atoms with Gasteiger partial charge in [-0.25, -0.2) is 4.98 Å². The minimum Gasteiger partial charge on any atom is -0.336 e. The van der Waals surface area contributed by atoms with Crippen molar-refractivity contribution >= 4 is 15.9 Å². The quantitative estimate of drug-likeness (QED) is 0.856. The van der Waals surface area contributed by atoms with Gasteiger partial charge in [0.05, 0.1) is 23.0 Å². The van der Waals surface area contributed by atoms with E-state index in [0.717, 1.165) is 30.7 Å². The molecule has 0 aromatic carbocycles. The number of halogens is 1.